The van der Waals surface area contributed by atoms with Gasteiger partial charge in [-0.25, -0.2) is 0 Å². The predicted molar refractivity (Wildman–Crippen MR) is 87.4 cm³/mol. The van der Waals surface area contributed by atoms with Gasteiger partial charge in [0.25, 0.3) is 0 Å². The zero-order valence-electron chi connectivity index (χ0n) is 11.0. The molecule has 0 unspecified atom stereocenters. The van der Waals surface area contributed by atoms with Crippen LogP contribution in [0, 0.1) is 0 Å². The molecule has 1 aromatic carbocycles. The van der Waals surface area contributed by atoms with Gasteiger partial charge in [-0.2, -0.15) is 0 Å². The van der Waals surface area contributed by atoms with Crippen LogP contribution in [0.25, 0.3) is 0 Å². The van der Waals surface area contributed by atoms with E-state index in [-0.39, 0.29) is 10.9 Å². The average Bonchev–Trinajstić information content (AvgIpc) is 2.36. The van der Waals surface area contributed by atoms with Crippen molar-refractivity contribution in [1.82, 2.24) is 0 Å². The van der Waals surface area contributed by atoms with Crippen LogP contribution in [0.5, 0.6) is 0 Å². The number of carbonyl (C=O) groups is 1. The van der Waals surface area contributed by atoms with E-state index in [0.29, 0.717) is 17.7 Å². The number of rotatable bonds is 7. The lowest BCUT2D eigenvalue weighted by Crippen LogP contribution is -2.17. The topological polar surface area (TPSA) is 55.1 Å². The summed E-state index contributed by atoms with van der Waals surface area (Å²) in [6, 6.07) is 5.48. The number of halogens is 1. The molecule has 3 N–H and O–H groups in total. The fourth-order valence-corrected chi connectivity index (χ4v) is 2.28. The molecule has 0 radical (unpaired) electrons. The molecule has 3 nitrogen and oxygen atoms in total. The molecule has 0 bridgehead atoms. The van der Waals surface area contributed by atoms with E-state index in [1.807, 2.05) is 18.2 Å². The number of amides is 1. The second-order valence-electron chi connectivity index (χ2n) is 4.41. The van der Waals surface area contributed by atoms with Gasteiger partial charge >= 0.3 is 0 Å². The van der Waals surface area contributed by atoms with Crippen LogP contribution in [0.4, 0.5) is 5.69 Å². The molecule has 0 aliphatic carbocycles. The summed E-state index contributed by atoms with van der Waals surface area (Å²) < 4.78 is 0.885. The number of nitrogens with two attached hydrogens (primary N) is 1. The molecule has 0 aliphatic heterocycles. The summed E-state index contributed by atoms with van der Waals surface area (Å²) >= 11 is 8.35. The van der Waals surface area contributed by atoms with Crippen molar-refractivity contribution < 1.29 is 4.79 Å². The smallest absolute Gasteiger partial charge is 0.224 e. The molecular weight excluding hydrogens is 324 g/mol. The molecule has 104 valence electrons. The number of carbonyl (C=O) groups excluding carboxylic acids is 1. The Morgan fingerprint density at radius 1 is 1.37 bits per heavy atom. The molecule has 1 aromatic rings. The quantitative estimate of drug-likeness (QED) is 0.581. The van der Waals surface area contributed by atoms with Crippen molar-refractivity contribution in [3.63, 3.8) is 0 Å². The zero-order chi connectivity index (χ0) is 14.3. The van der Waals surface area contributed by atoms with Crippen molar-refractivity contribution in [2.75, 3.05) is 5.32 Å². The summed E-state index contributed by atoms with van der Waals surface area (Å²) in [6.45, 7) is 2.15. The summed E-state index contributed by atoms with van der Waals surface area (Å²) in [7, 11) is 0. The normalized spacial score (nSPS) is 10.2. The van der Waals surface area contributed by atoms with E-state index in [2.05, 4.69) is 28.2 Å². The largest absolute Gasteiger partial charge is 0.389 e. The Balaban J connectivity index is 2.61. The van der Waals surface area contributed by atoms with Crippen molar-refractivity contribution in [2.45, 2.75) is 39.0 Å². The van der Waals surface area contributed by atoms with Crippen LogP contribution in [0.15, 0.2) is 22.7 Å². The molecule has 0 saturated carbocycles. The van der Waals surface area contributed by atoms with Crippen LogP contribution in [0.3, 0.4) is 0 Å². The summed E-state index contributed by atoms with van der Waals surface area (Å²) in [5.41, 5.74) is 7.02. The highest BCUT2D eigenvalue weighted by molar-refractivity contribution is 9.10. The van der Waals surface area contributed by atoms with E-state index in [1.165, 1.54) is 12.8 Å². The van der Waals surface area contributed by atoms with Gasteiger partial charge in [0.1, 0.15) is 4.99 Å². The van der Waals surface area contributed by atoms with E-state index in [0.717, 1.165) is 17.3 Å². The van der Waals surface area contributed by atoms with Gasteiger partial charge in [-0.3, -0.25) is 4.79 Å². The first-order valence-electron chi connectivity index (χ1n) is 6.43. The van der Waals surface area contributed by atoms with Crippen LogP contribution in [-0.2, 0) is 4.79 Å². The second-order valence-corrected chi connectivity index (χ2v) is 5.77. The first-order valence-corrected chi connectivity index (χ1v) is 7.64. The highest BCUT2D eigenvalue weighted by atomic mass is 79.9. The third kappa shape index (κ3) is 5.70. The molecule has 0 spiro atoms. The summed E-state index contributed by atoms with van der Waals surface area (Å²) in [5.74, 6) is 0.0101. The van der Waals surface area contributed by atoms with Crippen LogP contribution in [0.2, 0.25) is 0 Å². The van der Waals surface area contributed by atoms with Gasteiger partial charge in [-0.05, 0) is 24.6 Å². The van der Waals surface area contributed by atoms with Crippen molar-refractivity contribution in [3.05, 3.63) is 28.2 Å². The predicted octanol–water partition coefficient (Wildman–Crippen LogP) is 3.99. The molecule has 0 fully saturated rings. The van der Waals surface area contributed by atoms with Crippen molar-refractivity contribution in [1.29, 1.82) is 0 Å². The minimum atomic E-state index is 0.0101. The fourth-order valence-electron chi connectivity index (χ4n) is 1.75. The summed E-state index contributed by atoms with van der Waals surface area (Å²) in [5, 5.41) is 2.87. The zero-order valence-corrected chi connectivity index (χ0v) is 13.4. The number of hydrogen-bond acceptors (Lipinski definition) is 2. The molecule has 1 rings (SSSR count). The molecular formula is C14H19BrN2OS. The molecule has 0 aromatic heterocycles. The number of benzene rings is 1. The Kier molecular flexibility index (Phi) is 7.02. The second kappa shape index (κ2) is 8.27. The van der Waals surface area contributed by atoms with Crippen LogP contribution < -0.4 is 11.1 Å². The highest BCUT2D eigenvalue weighted by Crippen LogP contribution is 2.21. The van der Waals surface area contributed by atoms with Gasteiger partial charge in [0, 0.05) is 16.5 Å². The number of anilines is 1. The van der Waals surface area contributed by atoms with E-state index in [1.54, 1.807) is 0 Å². The SMILES string of the molecule is CCCCCCC(=O)Nc1ccc(Br)cc1C(N)=S. The summed E-state index contributed by atoms with van der Waals surface area (Å²) in [6.07, 6.45) is 4.88. The monoisotopic (exact) mass is 342 g/mol. The van der Waals surface area contributed by atoms with E-state index < -0.39 is 0 Å². The Bertz CT molecular complexity index is 463. The molecule has 0 aliphatic rings. The third-order valence-electron chi connectivity index (χ3n) is 2.78. The van der Waals surface area contributed by atoms with Crippen LogP contribution in [-0.4, -0.2) is 10.9 Å². The van der Waals surface area contributed by atoms with Gasteiger partial charge in [0.15, 0.2) is 0 Å². The van der Waals surface area contributed by atoms with Gasteiger partial charge in [0.2, 0.25) is 5.91 Å². The maximum atomic E-state index is 11.8. The minimum Gasteiger partial charge on any atom is -0.389 e. The molecule has 19 heavy (non-hydrogen) atoms. The van der Waals surface area contributed by atoms with Crippen molar-refractivity contribution in [3.8, 4) is 0 Å². The first kappa shape index (κ1) is 16.1. The van der Waals surface area contributed by atoms with Crippen LogP contribution >= 0.6 is 28.1 Å². The Morgan fingerprint density at radius 2 is 2.11 bits per heavy atom. The number of unbranched alkanes of at least 4 members (excludes halogenated alkanes) is 3. The lowest BCUT2D eigenvalue weighted by Gasteiger charge is -2.10. The third-order valence-corrected chi connectivity index (χ3v) is 3.49. The number of nitrogens with one attached hydrogen (secondary N) is 1. The maximum absolute atomic E-state index is 11.8. The van der Waals surface area contributed by atoms with Gasteiger partial charge in [0.05, 0.1) is 5.69 Å². The molecule has 5 heteroatoms. The molecule has 0 saturated heterocycles. The van der Waals surface area contributed by atoms with Crippen LogP contribution in [0.1, 0.15) is 44.6 Å². The van der Waals surface area contributed by atoms with Gasteiger partial charge < -0.3 is 11.1 Å². The van der Waals surface area contributed by atoms with Crippen molar-refractivity contribution >= 4 is 44.7 Å². The standard InChI is InChI=1S/C14H19BrN2OS/c1-2-3-4-5-6-13(18)17-12-8-7-10(15)9-11(12)14(16)19/h7-9H,2-6H2,1H3,(H2,16,19)(H,17,18). The van der Waals surface area contributed by atoms with E-state index in [9.17, 15) is 4.79 Å². The Hall–Kier alpha value is -0.940. The minimum absolute atomic E-state index is 0.0101. The fraction of sp³-hybridized carbons (Fsp3) is 0.429. The molecule has 0 atom stereocenters. The first-order chi connectivity index (χ1) is 9.04. The Labute approximate surface area is 128 Å². The summed E-state index contributed by atoms with van der Waals surface area (Å²) in [4.78, 5) is 12.1. The van der Waals surface area contributed by atoms with Crippen molar-refractivity contribution in [2.24, 2.45) is 5.73 Å². The lowest BCUT2D eigenvalue weighted by atomic mass is 10.1. The average molecular weight is 343 g/mol. The molecule has 0 heterocycles. The van der Waals surface area contributed by atoms with E-state index in [4.69, 9.17) is 18.0 Å². The van der Waals surface area contributed by atoms with Gasteiger partial charge in [-0.1, -0.05) is 54.3 Å². The van der Waals surface area contributed by atoms with Gasteiger partial charge in [-0.15, -0.1) is 0 Å². The maximum Gasteiger partial charge on any atom is 0.224 e. The Morgan fingerprint density at radius 3 is 2.74 bits per heavy atom. The number of hydrogen-bond donors (Lipinski definition) is 2. The van der Waals surface area contributed by atoms with E-state index >= 15 is 0 Å². The number of thiocarbonyl (C=S) groups is 1. The highest BCUT2D eigenvalue weighted by Gasteiger charge is 2.09. The lowest BCUT2D eigenvalue weighted by molar-refractivity contribution is -0.116. The molecule has 1 amide bonds.